The summed E-state index contributed by atoms with van der Waals surface area (Å²) in [5, 5.41) is 10.4. The average Bonchev–Trinajstić information content (AvgIpc) is 2.41. The summed E-state index contributed by atoms with van der Waals surface area (Å²) in [6.07, 6.45) is 8.49. The van der Waals surface area contributed by atoms with E-state index in [1.54, 1.807) is 6.20 Å². The number of halogens is 1. The highest BCUT2D eigenvalue weighted by Gasteiger charge is 2.26. The standard InChI is InChI=1S/C15H22BrNO/c1-2-11-4-3-5-12(8-11)15(18)9-14-7-6-13(16)10-17-14/h6-7,10-12,15,18H,2-5,8-9H2,1H3. The van der Waals surface area contributed by atoms with Crippen molar-refractivity contribution in [2.24, 2.45) is 11.8 Å². The predicted octanol–water partition coefficient (Wildman–Crippen LogP) is 3.96. The molecule has 0 radical (unpaired) electrons. The average molecular weight is 312 g/mol. The minimum absolute atomic E-state index is 0.229. The Morgan fingerprint density at radius 2 is 2.28 bits per heavy atom. The van der Waals surface area contributed by atoms with E-state index in [0.717, 1.165) is 16.1 Å². The van der Waals surface area contributed by atoms with Gasteiger partial charge in [0.05, 0.1) is 6.10 Å². The molecule has 1 fully saturated rings. The predicted molar refractivity (Wildman–Crippen MR) is 77.4 cm³/mol. The van der Waals surface area contributed by atoms with E-state index in [0.29, 0.717) is 12.3 Å². The van der Waals surface area contributed by atoms with Crippen molar-refractivity contribution in [3.63, 3.8) is 0 Å². The normalized spacial score (nSPS) is 25.9. The zero-order chi connectivity index (χ0) is 13.0. The van der Waals surface area contributed by atoms with E-state index in [1.807, 2.05) is 12.1 Å². The fourth-order valence-electron chi connectivity index (χ4n) is 2.96. The molecule has 0 spiro atoms. The second-order valence-corrected chi connectivity index (χ2v) is 6.36. The van der Waals surface area contributed by atoms with Crippen LogP contribution in [-0.2, 0) is 6.42 Å². The van der Waals surface area contributed by atoms with Crippen molar-refractivity contribution in [3.05, 3.63) is 28.5 Å². The minimum atomic E-state index is -0.229. The van der Waals surface area contributed by atoms with E-state index in [4.69, 9.17) is 0 Å². The lowest BCUT2D eigenvalue weighted by Gasteiger charge is -2.31. The van der Waals surface area contributed by atoms with Gasteiger partial charge in [0.2, 0.25) is 0 Å². The Morgan fingerprint density at radius 3 is 2.94 bits per heavy atom. The van der Waals surface area contributed by atoms with Crippen LogP contribution in [0.2, 0.25) is 0 Å². The first kappa shape index (κ1) is 14.0. The van der Waals surface area contributed by atoms with Crippen molar-refractivity contribution in [3.8, 4) is 0 Å². The lowest BCUT2D eigenvalue weighted by Crippen LogP contribution is -2.28. The zero-order valence-electron chi connectivity index (χ0n) is 11.0. The lowest BCUT2D eigenvalue weighted by atomic mass is 9.77. The highest BCUT2D eigenvalue weighted by Crippen LogP contribution is 2.33. The van der Waals surface area contributed by atoms with Crippen molar-refractivity contribution < 1.29 is 5.11 Å². The van der Waals surface area contributed by atoms with Gasteiger partial charge in [0.15, 0.2) is 0 Å². The fraction of sp³-hybridized carbons (Fsp3) is 0.667. The first-order valence-electron chi connectivity index (χ1n) is 6.97. The van der Waals surface area contributed by atoms with E-state index < -0.39 is 0 Å². The number of hydrogen-bond donors (Lipinski definition) is 1. The van der Waals surface area contributed by atoms with Crippen molar-refractivity contribution in [2.45, 2.75) is 51.6 Å². The Bertz CT molecular complexity index is 365. The summed E-state index contributed by atoms with van der Waals surface area (Å²) in [6, 6.07) is 3.98. The number of aromatic nitrogens is 1. The molecule has 100 valence electrons. The molecule has 3 atom stereocenters. The summed E-state index contributed by atoms with van der Waals surface area (Å²) >= 11 is 3.38. The van der Waals surface area contributed by atoms with Gasteiger partial charge in [0.1, 0.15) is 0 Å². The number of aliphatic hydroxyl groups is 1. The summed E-state index contributed by atoms with van der Waals surface area (Å²) in [5.74, 6) is 1.28. The van der Waals surface area contributed by atoms with Crippen LogP contribution in [0.3, 0.4) is 0 Å². The third kappa shape index (κ3) is 3.79. The van der Waals surface area contributed by atoms with Gasteiger partial charge in [-0.05, 0) is 52.7 Å². The van der Waals surface area contributed by atoms with Gasteiger partial charge in [-0.25, -0.2) is 0 Å². The van der Waals surface area contributed by atoms with E-state index in [-0.39, 0.29) is 6.10 Å². The molecule has 1 N–H and O–H groups in total. The maximum absolute atomic E-state index is 10.4. The van der Waals surface area contributed by atoms with Crippen LogP contribution in [0, 0.1) is 11.8 Å². The molecule has 0 saturated heterocycles. The zero-order valence-corrected chi connectivity index (χ0v) is 12.6. The van der Waals surface area contributed by atoms with Crippen molar-refractivity contribution in [1.29, 1.82) is 0 Å². The van der Waals surface area contributed by atoms with Gasteiger partial charge in [0.25, 0.3) is 0 Å². The summed E-state index contributed by atoms with van der Waals surface area (Å²) < 4.78 is 0.990. The Morgan fingerprint density at radius 1 is 1.44 bits per heavy atom. The van der Waals surface area contributed by atoms with Crippen molar-refractivity contribution in [2.75, 3.05) is 0 Å². The van der Waals surface area contributed by atoms with Crippen molar-refractivity contribution in [1.82, 2.24) is 4.98 Å². The highest BCUT2D eigenvalue weighted by atomic mass is 79.9. The molecule has 0 amide bonds. The van der Waals surface area contributed by atoms with Crippen LogP contribution in [-0.4, -0.2) is 16.2 Å². The number of pyridine rings is 1. The molecule has 0 aliphatic heterocycles. The van der Waals surface area contributed by atoms with Crippen LogP contribution >= 0.6 is 15.9 Å². The van der Waals surface area contributed by atoms with E-state index in [2.05, 4.69) is 27.8 Å². The molecule has 1 aliphatic carbocycles. The van der Waals surface area contributed by atoms with Gasteiger partial charge in [-0.15, -0.1) is 0 Å². The van der Waals surface area contributed by atoms with Gasteiger partial charge in [-0.2, -0.15) is 0 Å². The molecule has 0 bridgehead atoms. The molecule has 0 aromatic carbocycles. The highest BCUT2D eigenvalue weighted by molar-refractivity contribution is 9.10. The maximum atomic E-state index is 10.4. The molecule has 2 rings (SSSR count). The first-order chi connectivity index (χ1) is 8.69. The molecule has 1 saturated carbocycles. The van der Waals surface area contributed by atoms with Gasteiger partial charge < -0.3 is 5.11 Å². The molecule has 1 heterocycles. The number of rotatable bonds is 4. The van der Waals surface area contributed by atoms with Crippen LogP contribution in [0.25, 0.3) is 0 Å². The summed E-state index contributed by atoms with van der Waals surface area (Å²) in [4.78, 5) is 4.35. The smallest absolute Gasteiger partial charge is 0.0623 e. The summed E-state index contributed by atoms with van der Waals surface area (Å²) in [5.41, 5.74) is 0.990. The van der Waals surface area contributed by atoms with Gasteiger partial charge >= 0.3 is 0 Å². The molecule has 1 aromatic rings. The number of aliphatic hydroxyl groups excluding tert-OH is 1. The molecule has 18 heavy (non-hydrogen) atoms. The fourth-order valence-corrected chi connectivity index (χ4v) is 3.20. The quantitative estimate of drug-likeness (QED) is 0.913. The molecular weight excluding hydrogens is 290 g/mol. The topological polar surface area (TPSA) is 33.1 Å². The van der Waals surface area contributed by atoms with E-state index in [1.165, 1.54) is 32.1 Å². The Labute approximate surface area is 118 Å². The second-order valence-electron chi connectivity index (χ2n) is 5.44. The largest absolute Gasteiger partial charge is 0.392 e. The SMILES string of the molecule is CCC1CCCC(C(O)Cc2ccc(Br)cn2)C1. The third-order valence-electron chi connectivity index (χ3n) is 4.15. The monoisotopic (exact) mass is 311 g/mol. The Kier molecular flexibility index (Phi) is 5.19. The van der Waals surface area contributed by atoms with Crippen LogP contribution in [0.5, 0.6) is 0 Å². The van der Waals surface area contributed by atoms with Crippen LogP contribution in [0.1, 0.15) is 44.7 Å². The van der Waals surface area contributed by atoms with Crippen LogP contribution < -0.4 is 0 Å². The van der Waals surface area contributed by atoms with Gasteiger partial charge in [-0.3, -0.25) is 4.98 Å². The molecule has 3 unspecified atom stereocenters. The summed E-state index contributed by atoms with van der Waals surface area (Å²) in [7, 11) is 0. The third-order valence-corrected chi connectivity index (χ3v) is 4.62. The second kappa shape index (κ2) is 6.67. The number of hydrogen-bond acceptors (Lipinski definition) is 2. The van der Waals surface area contributed by atoms with E-state index in [9.17, 15) is 5.11 Å². The molecule has 3 heteroatoms. The molecule has 1 aromatic heterocycles. The Balaban J connectivity index is 1.90. The Hall–Kier alpha value is -0.410. The van der Waals surface area contributed by atoms with Crippen LogP contribution in [0.15, 0.2) is 22.8 Å². The van der Waals surface area contributed by atoms with Gasteiger partial charge in [0, 0.05) is 22.8 Å². The van der Waals surface area contributed by atoms with Crippen molar-refractivity contribution >= 4 is 15.9 Å². The molecule has 1 aliphatic rings. The first-order valence-corrected chi connectivity index (χ1v) is 7.76. The summed E-state index contributed by atoms with van der Waals surface area (Å²) in [6.45, 7) is 2.26. The molecular formula is C15H22BrNO. The van der Waals surface area contributed by atoms with Gasteiger partial charge in [-0.1, -0.05) is 26.2 Å². The van der Waals surface area contributed by atoms with E-state index >= 15 is 0 Å². The van der Waals surface area contributed by atoms with Crippen LogP contribution in [0.4, 0.5) is 0 Å². The molecule has 2 nitrogen and oxygen atoms in total. The number of nitrogens with zero attached hydrogens (tertiary/aromatic N) is 1. The maximum Gasteiger partial charge on any atom is 0.0623 e. The minimum Gasteiger partial charge on any atom is -0.392 e. The lowest BCUT2D eigenvalue weighted by molar-refractivity contribution is 0.0678.